The lowest BCUT2D eigenvalue weighted by molar-refractivity contribution is -0.143. The molecule has 0 fully saturated rings. The van der Waals surface area contributed by atoms with E-state index in [1.807, 2.05) is 6.92 Å². The summed E-state index contributed by atoms with van der Waals surface area (Å²) in [5.41, 5.74) is 0. The number of carbonyl (C=O) groups is 2. The summed E-state index contributed by atoms with van der Waals surface area (Å²) >= 11 is 0. The van der Waals surface area contributed by atoms with Gasteiger partial charge in [0.05, 0.1) is 0 Å². The molecule has 2 unspecified atom stereocenters. The van der Waals surface area contributed by atoms with E-state index >= 15 is 0 Å². The maximum absolute atomic E-state index is 11.9. The Kier molecular flexibility index (Phi) is 5.94. The smallest absolute Gasteiger partial charge is 0.326 e. The van der Waals surface area contributed by atoms with Gasteiger partial charge in [0.25, 0.3) is 0 Å². The minimum atomic E-state index is -1.04. The Hall–Kier alpha value is -2.84. The maximum Gasteiger partial charge on any atom is 0.326 e. The monoisotopic (exact) mass is 333 g/mol. The van der Waals surface area contributed by atoms with E-state index in [1.54, 1.807) is 25.4 Å². The molecule has 9 heteroatoms. The van der Waals surface area contributed by atoms with Gasteiger partial charge in [-0.15, -0.1) is 0 Å². The number of nitrogens with one attached hydrogen (secondary N) is 1. The minimum absolute atomic E-state index is 0.0531. The summed E-state index contributed by atoms with van der Waals surface area (Å²) in [5.74, 6) is -0.731. The molecule has 24 heavy (non-hydrogen) atoms. The largest absolute Gasteiger partial charge is 0.480 e. The van der Waals surface area contributed by atoms with Gasteiger partial charge in [-0.25, -0.2) is 14.8 Å². The van der Waals surface area contributed by atoms with Crippen molar-refractivity contribution >= 4 is 11.9 Å². The quantitative estimate of drug-likeness (QED) is 0.733. The van der Waals surface area contributed by atoms with Gasteiger partial charge in [0.15, 0.2) is 0 Å². The van der Waals surface area contributed by atoms with Crippen LogP contribution < -0.4 is 5.32 Å². The lowest BCUT2D eigenvalue weighted by Gasteiger charge is -2.19. The number of hydrogen-bond donors (Lipinski definition) is 2. The molecule has 2 aromatic heterocycles. The van der Waals surface area contributed by atoms with Crippen molar-refractivity contribution in [3.05, 3.63) is 24.4 Å². The average molecular weight is 333 g/mol. The highest BCUT2D eigenvalue weighted by Crippen LogP contribution is 2.11. The predicted octanol–water partition coefficient (Wildman–Crippen LogP) is 1.07. The number of hydrogen-bond acceptors (Lipinski definition) is 7. The summed E-state index contributed by atoms with van der Waals surface area (Å²) in [4.78, 5) is 35.3. The molecule has 0 aliphatic carbocycles. The van der Waals surface area contributed by atoms with E-state index in [4.69, 9.17) is 9.63 Å². The van der Waals surface area contributed by atoms with Crippen LogP contribution in [0.1, 0.15) is 32.6 Å². The van der Waals surface area contributed by atoms with Crippen molar-refractivity contribution in [1.29, 1.82) is 0 Å². The Morgan fingerprint density at radius 2 is 2.00 bits per heavy atom. The number of nitrogens with zero attached hydrogens (tertiary/aromatic N) is 4. The molecule has 9 nitrogen and oxygen atoms in total. The van der Waals surface area contributed by atoms with Gasteiger partial charge in [0.1, 0.15) is 6.04 Å². The molecule has 0 saturated carbocycles. The normalized spacial score (nSPS) is 13.2. The zero-order chi connectivity index (χ0) is 17.5. The second-order valence-corrected chi connectivity index (χ2v) is 5.35. The summed E-state index contributed by atoms with van der Waals surface area (Å²) in [6, 6.07) is 0.767. The summed E-state index contributed by atoms with van der Waals surface area (Å²) in [7, 11) is 0. The van der Waals surface area contributed by atoms with Crippen molar-refractivity contribution in [3.8, 4) is 11.6 Å². The van der Waals surface area contributed by atoms with Gasteiger partial charge in [-0.2, -0.15) is 4.98 Å². The van der Waals surface area contributed by atoms with E-state index in [0.29, 0.717) is 12.2 Å². The van der Waals surface area contributed by atoms with Gasteiger partial charge >= 0.3 is 5.97 Å². The molecular formula is C15H19N5O4. The fourth-order valence-corrected chi connectivity index (χ4v) is 2.01. The Morgan fingerprint density at radius 1 is 1.29 bits per heavy atom. The summed E-state index contributed by atoms with van der Waals surface area (Å²) in [5, 5.41) is 15.4. The molecule has 1 amide bonds. The Labute approximate surface area is 138 Å². The third-order valence-electron chi connectivity index (χ3n) is 3.60. The zero-order valence-electron chi connectivity index (χ0n) is 13.5. The van der Waals surface area contributed by atoms with E-state index in [0.717, 1.165) is 0 Å². The first-order valence-corrected chi connectivity index (χ1v) is 7.63. The first kappa shape index (κ1) is 17.5. The molecule has 0 aliphatic rings. The molecule has 0 aromatic carbocycles. The number of amides is 1. The number of carboxylic acids is 1. The van der Waals surface area contributed by atoms with Crippen LogP contribution >= 0.6 is 0 Å². The number of aliphatic carboxylic acids is 1. The van der Waals surface area contributed by atoms with E-state index < -0.39 is 12.0 Å². The van der Waals surface area contributed by atoms with E-state index in [2.05, 4.69) is 25.4 Å². The molecule has 2 rings (SSSR count). The van der Waals surface area contributed by atoms with Crippen LogP contribution in [-0.2, 0) is 16.0 Å². The highest BCUT2D eigenvalue weighted by Gasteiger charge is 2.25. The fourth-order valence-electron chi connectivity index (χ4n) is 2.01. The third kappa shape index (κ3) is 4.58. The zero-order valence-corrected chi connectivity index (χ0v) is 13.5. The summed E-state index contributed by atoms with van der Waals surface area (Å²) in [6.45, 7) is 3.65. The third-order valence-corrected chi connectivity index (χ3v) is 3.60. The summed E-state index contributed by atoms with van der Waals surface area (Å²) < 4.78 is 5.05. The number of aromatic nitrogens is 4. The van der Waals surface area contributed by atoms with E-state index in [1.165, 1.54) is 0 Å². The standard InChI is InChI=1S/C15H19N5O4/c1-3-9(2)12(15(22)23)18-10(21)5-6-11-19-14(20-24-11)13-16-7-4-8-17-13/h4,7-9,12H,3,5-6H2,1-2H3,(H,18,21)(H,22,23). The molecule has 2 N–H and O–H groups in total. The van der Waals surface area contributed by atoms with Crippen LogP contribution in [0.15, 0.2) is 23.0 Å². The second-order valence-electron chi connectivity index (χ2n) is 5.35. The maximum atomic E-state index is 11.9. The predicted molar refractivity (Wildman–Crippen MR) is 82.7 cm³/mol. The molecule has 0 aliphatic heterocycles. The molecule has 2 atom stereocenters. The molecule has 0 bridgehead atoms. The van der Waals surface area contributed by atoms with Crippen LogP contribution in [0.3, 0.4) is 0 Å². The second kappa shape index (κ2) is 8.14. The SMILES string of the molecule is CCC(C)C(NC(=O)CCc1nc(-c2ncccn2)no1)C(=O)O. The van der Waals surface area contributed by atoms with Crippen molar-refractivity contribution in [2.45, 2.75) is 39.2 Å². The van der Waals surface area contributed by atoms with Gasteiger partial charge in [0, 0.05) is 25.2 Å². The van der Waals surface area contributed by atoms with Crippen LogP contribution in [0, 0.1) is 5.92 Å². The number of rotatable bonds is 8. The van der Waals surface area contributed by atoms with Gasteiger partial charge in [-0.05, 0) is 12.0 Å². The van der Waals surface area contributed by atoms with Crippen LogP contribution in [-0.4, -0.2) is 43.1 Å². The topological polar surface area (TPSA) is 131 Å². The summed E-state index contributed by atoms with van der Waals surface area (Å²) in [6.07, 6.45) is 4.04. The molecular weight excluding hydrogens is 314 g/mol. The van der Waals surface area contributed by atoms with Crippen molar-refractivity contribution < 1.29 is 19.2 Å². The van der Waals surface area contributed by atoms with E-state index in [9.17, 15) is 9.59 Å². The fraction of sp³-hybridized carbons (Fsp3) is 0.467. The lowest BCUT2D eigenvalue weighted by atomic mass is 9.99. The van der Waals surface area contributed by atoms with Gasteiger partial charge in [-0.1, -0.05) is 25.4 Å². The highest BCUT2D eigenvalue weighted by atomic mass is 16.5. The van der Waals surface area contributed by atoms with Crippen molar-refractivity contribution in [3.63, 3.8) is 0 Å². The van der Waals surface area contributed by atoms with Gasteiger partial charge < -0.3 is 14.9 Å². The molecule has 128 valence electrons. The Balaban J connectivity index is 1.90. The van der Waals surface area contributed by atoms with Crippen molar-refractivity contribution in [2.75, 3.05) is 0 Å². The molecule has 2 heterocycles. The van der Waals surface area contributed by atoms with Gasteiger partial charge in [-0.3, -0.25) is 4.79 Å². The first-order valence-electron chi connectivity index (χ1n) is 7.63. The minimum Gasteiger partial charge on any atom is -0.480 e. The number of aryl methyl sites for hydroxylation is 1. The van der Waals surface area contributed by atoms with Crippen LogP contribution in [0.4, 0.5) is 0 Å². The Bertz CT molecular complexity index is 688. The molecule has 2 aromatic rings. The lowest BCUT2D eigenvalue weighted by Crippen LogP contribution is -2.45. The van der Waals surface area contributed by atoms with Gasteiger partial charge in [0.2, 0.25) is 23.4 Å². The highest BCUT2D eigenvalue weighted by molar-refractivity contribution is 5.83. The number of carboxylic acid groups (broad SMARTS) is 1. The van der Waals surface area contributed by atoms with Crippen molar-refractivity contribution in [2.24, 2.45) is 5.92 Å². The van der Waals surface area contributed by atoms with Crippen LogP contribution in [0.2, 0.25) is 0 Å². The Morgan fingerprint density at radius 3 is 2.62 bits per heavy atom. The van der Waals surface area contributed by atoms with Crippen LogP contribution in [0.5, 0.6) is 0 Å². The van der Waals surface area contributed by atoms with E-state index in [-0.39, 0.29) is 36.4 Å². The average Bonchev–Trinajstić information content (AvgIpc) is 3.06. The molecule has 0 saturated heterocycles. The first-order chi connectivity index (χ1) is 11.5. The van der Waals surface area contributed by atoms with Crippen molar-refractivity contribution in [1.82, 2.24) is 25.4 Å². The number of carbonyl (C=O) groups excluding carboxylic acids is 1. The molecule has 0 radical (unpaired) electrons. The molecule has 0 spiro atoms. The van der Waals surface area contributed by atoms with Crippen LogP contribution in [0.25, 0.3) is 11.6 Å².